The first kappa shape index (κ1) is 23.8. The Bertz CT molecular complexity index is 1090. The zero-order valence-corrected chi connectivity index (χ0v) is 18.0. The Labute approximate surface area is 190 Å². The number of carbonyl (C=O) groups is 1. The third kappa shape index (κ3) is 6.10. The monoisotopic (exact) mass is 452 g/mol. The highest BCUT2D eigenvalue weighted by Gasteiger charge is 2.32. The van der Waals surface area contributed by atoms with E-state index < -0.39 is 17.9 Å². The first-order valence-corrected chi connectivity index (χ1v) is 10.4. The molecule has 1 unspecified atom stereocenters. The number of pyridine rings is 1. The lowest BCUT2D eigenvalue weighted by atomic mass is 10.0. The van der Waals surface area contributed by atoms with E-state index in [2.05, 4.69) is 16.4 Å². The zero-order valence-electron chi connectivity index (χ0n) is 18.0. The second kappa shape index (κ2) is 10.6. The highest BCUT2D eigenvalue weighted by Crippen LogP contribution is 2.29. The minimum Gasteiger partial charge on any atom is -0.357 e. The number of aromatic nitrogens is 1. The molecule has 33 heavy (non-hydrogen) atoms. The van der Waals surface area contributed by atoms with Crippen LogP contribution in [0.1, 0.15) is 34.8 Å². The molecule has 0 bridgehead atoms. The lowest BCUT2D eigenvalue weighted by molar-refractivity contribution is -0.141. The molecule has 3 aromatic rings. The Morgan fingerprint density at radius 3 is 2.33 bits per heavy atom. The van der Waals surface area contributed by atoms with E-state index in [1.54, 1.807) is 31.3 Å². The number of likely N-dealkylation sites (N-methyl/N-ethyl adjacent to an activating group) is 1. The summed E-state index contributed by atoms with van der Waals surface area (Å²) in [6, 6.07) is 20.2. The number of rotatable bonds is 8. The highest BCUT2D eigenvalue weighted by atomic mass is 19.4. The summed E-state index contributed by atoms with van der Waals surface area (Å²) in [7, 11) is 1.57. The van der Waals surface area contributed by atoms with Crippen molar-refractivity contribution < 1.29 is 18.0 Å². The molecule has 0 aliphatic carbocycles. The first-order valence-electron chi connectivity index (χ1n) is 10.4. The van der Waals surface area contributed by atoms with Gasteiger partial charge in [-0.15, -0.1) is 0 Å². The van der Waals surface area contributed by atoms with Crippen LogP contribution >= 0.6 is 0 Å². The predicted octanol–water partition coefficient (Wildman–Crippen LogP) is 4.90. The van der Waals surface area contributed by atoms with Crippen LogP contribution in [0, 0.1) is 11.3 Å². The third-order valence-corrected chi connectivity index (χ3v) is 5.23. The summed E-state index contributed by atoms with van der Waals surface area (Å²) in [6.07, 6.45) is -2.16. The number of nitrogens with zero attached hydrogens (tertiary/aromatic N) is 3. The highest BCUT2D eigenvalue weighted by molar-refractivity contribution is 5.86. The van der Waals surface area contributed by atoms with Crippen molar-refractivity contribution in [1.82, 2.24) is 10.3 Å². The molecule has 8 heteroatoms. The van der Waals surface area contributed by atoms with Gasteiger partial charge in [-0.05, 0) is 54.3 Å². The van der Waals surface area contributed by atoms with Crippen LogP contribution in [0.4, 0.5) is 18.9 Å². The molecule has 3 rings (SSSR count). The number of halogens is 3. The molecule has 0 radical (unpaired) electrons. The van der Waals surface area contributed by atoms with Crippen LogP contribution in [0.3, 0.4) is 0 Å². The minimum absolute atomic E-state index is 0.193. The van der Waals surface area contributed by atoms with Crippen molar-refractivity contribution in [2.45, 2.75) is 25.1 Å². The van der Waals surface area contributed by atoms with Gasteiger partial charge in [0.15, 0.2) is 0 Å². The van der Waals surface area contributed by atoms with E-state index in [4.69, 9.17) is 5.26 Å². The Kier molecular flexibility index (Phi) is 7.67. The van der Waals surface area contributed by atoms with Crippen molar-refractivity contribution in [3.8, 4) is 6.07 Å². The summed E-state index contributed by atoms with van der Waals surface area (Å²) in [5.74, 6) is -0.193. The van der Waals surface area contributed by atoms with Crippen LogP contribution in [0.25, 0.3) is 0 Å². The Morgan fingerprint density at radius 1 is 1.09 bits per heavy atom. The van der Waals surface area contributed by atoms with E-state index >= 15 is 0 Å². The van der Waals surface area contributed by atoms with Crippen LogP contribution in [0.2, 0.25) is 0 Å². The summed E-state index contributed by atoms with van der Waals surface area (Å²) in [5.41, 5.74) is 1.83. The van der Waals surface area contributed by atoms with E-state index in [1.165, 1.54) is 12.3 Å². The van der Waals surface area contributed by atoms with Gasteiger partial charge in [0.2, 0.25) is 5.91 Å². The maximum atomic E-state index is 12.9. The first-order chi connectivity index (χ1) is 15.8. The van der Waals surface area contributed by atoms with E-state index in [-0.39, 0.29) is 5.91 Å². The summed E-state index contributed by atoms with van der Waals surface area (Å²) in [4.78, 5) is 18.3. The SMILES string of the molecule is CNC(=O)C(c1ccccc1)N(CCCc1ccc(C(F)(F)F)nc1)c1ccc(C#N)cc1. The molecule has 1 N–H and O–H groups in total. The van der Waals surface area contributed by atoms with E-state index in [1.807, 2.05) is 35.2 Å². The van der Waals surface area contributed by atoms with Gasteiger partial charge in [0.05, 0.1) is 11.6 Å². The van der Waals surface area contributed by atoms with Gasteiger partial charge in [-0.3, -0.25) is 9.78 Å². The zero-order chi connectivity index (χ0) is 23.8. The Hall–Kier alpha value is -3.86. The number of hydrogen-bond acceptors (Lipinski definition) is 4. The number of benzene rings is 2. The quantitative estimate of drug-likeness (QED) is 0.528. The molecule has 5 nitrogen and oxygen atoms in total. The molecular weight excluding hydrogens is 429 g/mol. The molecule has 1 atom stereocenters. The van der Waals surface area contributed by atoms with Gasteiger partial charge in [0.1, 0.15) is 11.7 Å². The molecule has 0 fully saturated rings. The number of aryl methyl sites for hydroxylation is 1. The van der Waals surface area contributed by atoms with Crippen LogP contribution in [-0.4, -0.2) is 24.5 Å². The van der Waals surface area contributed by atoms with Crippen LogP contribution < -0.4 is 10.2 Å². The fraction of sp³-hybridized carbons (Fsp3) is 0.240. The summed E-state index contributed by atoms with van der Waals surface area (Å²) in [6.45, 7) is 0.458. The molecular formula is C25H23F3N4O. The number of alkyl halides is 3. The topological polar surface area (TPSA) is 69.0 Å². The van der Waals surface area contributed by atoms with Crippen LogP contribution in [-0.2, 0) is 17.4 Å². The molecule has 0 aliphatic heterocycles. The largest absolute Gasteiger partial charge is 0.433 e. The van der Waals surface area contributed by atoms with E-state index in [0.717, 1.165) is 17.3 Å². The van der Waals surface area contributed by atoms with Crippen molar-refractivity contribution >= 4 is 11.6 Å². The Morgan fingerprint density at radius 2 is 1.79 bits per heavy atom. The van der Waals surface area contributed by atoms with Gasteiger partial charge in [0.25, 0.3) is 0 Å². The fourth-order valence-electron chi connectivity index (χ4n) is 3.57. The van der Waals surface area contributed by atoms with Gasteiger partial charge in [-0.25, -0.2) is 0 Å². The van der Waals surface area contributed by atoms with E-state index in [9.17, 15) is 18.0 Å². The van der Waals surface area contributed by atoms with Crippen molar-refractivity contribution in [2.75, 3.05) is 18.5 Å². The van der Waals surface area contributed by atoms with Crippen molar-refractivity contribution in [1.29, 1.82) is 5.26 Å². The van der Waals surface area contributed by atoms with Crippen molar-refractivity contribution in [3.63, 3.8) is 0 Å². The lowest BCUT2D eigenvalue weighted by Crippen LogP contribution is -2.40. The van der Waals surface area contributed by atoms with Gasteiger partial charge in [0, 0.05) is 25.5 Å². The second-order valence-electron chi connectivity index (χ2n) is 7.43. The average Bonchev–Trinajstić information content (AvgIpc) is 2.83. The Balaban J connectivity index is 1.85. The third-order valence-electron chi connectivity index (χ3n) is 5.23. The minimum atomic E-state index is -4.47. The summed E-state index contributed by atoms with van der Waals surface area (Å²) < 4.78 is 38.3. The van der Waals surface area contributed by atoms with Crippen molar-refractivity contribution in [2.24, 2.45) is 0 Å². The average molecular weight is 452 g/mol. The number of nitrogens with one attached hydrogen (secondary N) is 1. The normalized spacial score (nSPS) is 12.0. The summed E-state index contributed by atoms with van der Waals surface area (Å²) in [5, 5.41) is 11.8. The molecule has 170 valence electrons. The molecule has 0 spiro atoms. The van der Waals surface area contributed by atoms with Gasteiger partial charge in [-0.1, -0.05) is 36.4 Å². The summed E-state index contributed by atoms with van der Waals surface area (Å²) >= 11 is 0. The second-order valence-corrected chi connectivity index (χ2v) is 7.43. The lowest BCUT2D eigenvalue weighted by Gasteiger charge is -2.33. The molecule has 0 saturated heterocycles. The smallest absolute Gasteiger partial charge is 0.357 e. The maximum absolute atomic E-state index is 12.9. The molecule has 0 saturated carbocycles. The van der Waals surface area contributed by atoms with Crippen molar-refractivity contribution in [3.05, 3.63) is 95.3 Å². The van der Waals surface area contributed by atoms with Gasteiger partial charge in [-0.2, -0.15) is 18.4 Å². The standard InChI is InChI=1S/C25H23F3N4O/c1-30-24(33)23(20-7-3-2-4-8-20)32(21-12-9-18(16-29)10-13-21)15-5-6-19-11-14-22(31-17-19)25(26,27)28/h2-4,7-14,17,23H,5-6,15H2,1H3,(H,30,33). The molecule has 1 aromatic heterocycles. The molecule has 1 amide bonds. The number of carbonyl (C=O) groups excluding carboxylic acids is 1. The molecule has 0 aliphatic rings. The van der Waals surface area contributed by atoms with Gasteiger partial charge < -0.3 is 10.2 Å². The van der Waals surface area contributed by atoms with Crippen LogP contribution in [0.15, 0.2) is 72.9 Å². The predicted molar refractivity (Wildman–Crippen MR) is 119 cm³/mol. The maximum Gasteiger partial charge on any atom is 0.433 e. The molecule has 1 heterocycles. The fourth-order valence-corrected chi connectivity index (χ4v) is 3.57. The number of anilines is 1. The number of amides is 1. The van der Waals surface area contributed by atoms with E-state index in [0.29, 0.717) is 30.5 Å². The number of nitriles is 1. The van der Waals surface area contributed by atoms with Gasteiger partial charge >= 0.3 is 6.18 Å². The number of hydrogen-bond donors (Lipinski definition) is 1. The molecule has 2 aromatic carbocycles. The van der Waals surface area contributed by atoms with Crippen LogP contribution in [0.5, 0.6) is 0 Å².